The van der Waals surface area contributed by atoms with Gasteiger partial charge < -0.3 is 10.6 Å². The van der Waals surface area contributed by atoms with Crippen LogP contribution in [0.1, 0.15) is 16.6 Å². The first-order valence-corrected chi connectivity index (χ1v) is 5.50. The Kier molecular flexibility index (Phi) is 2.52. The molecule has 0 aromatic carbocycles. The largest absolute Gasteiger partial charge is 0.336 e. The van der Waals surface area contributed by atoms with Crippen LogP contribution in [0.25, 0.3) is 0 Å². The fraction of sp³-hybridized carbons (Fsp3) is 0.556. The lowest BCUT2D eigenvalue weighted by atomic mass is 10.1. The Hall–Kier alpha value is -0.940. The second kappa shape index (κ2) is 3.67. The highest BCUT2D eigenvalue weighted by Gasteiger charge is 2.30. The number of hydrogen-bond donors (Lipinski definition) is 1. The number of likely N-dealkylation sites (tertiary alicyclic amines) is 1. The van der Waals surface area contributed by atoms with Crippen LogP contribution in [0.5, 0.6) is 0 Å². The molecule has 0 aliphatic carbocycles. The van der Waals surface area contributed by atoms with Gasteiger partial charge >= 0.3 is 0 Å². The van der Waals surface area contributed by atoms with Crippen LogP contribution in [0, 0.1) is 5.92 Å². The number of nitrogens with zero attached hydrogens (tertiary/aromatic N) is 2. The van der Waals surface area contributed by atoms with Gasteiger partial charge in [0.1, 0.15) is 4.88 Å². The molecule has 1 amide bonds. The molecule has 1 aromatic heterocycles. The first-order valence-electron chi connectivity index (χ1n) is 4.62. The van der Waals surface area contributed by atoms with Crippen molar-refractivity contribution < 1.29 is 4.79 Å². The highest BCUT2D eigenvalue weighted by atomic mass is 32.1. The number of carbonyl (C=O) groups excluding carboxylic acids is 1. The van der Waals surface area contributed by atoms with Crippen molar-refractivity contribution in [3.05, 3.63) is 16.6 Å². The number of hydrogen-bond acceptors (Lipinski definition) is 4. The summed E-state index contributed by atoms with van der Waals surface area (Å²) >= 11 is 1.38. The molecule has 2 unspecified atom stereocenters. The molecule has 0 radical (unpaired) electrons. The molecule has 5 heteroatoms. The minimum absolute atomic E-state index is 0.0623. The van der Waals surface area contributed by atoms with E-state index in [2.05, 4.69) is 11.9 Å². The average Bonchev–Trinajstić information content (AvgIpc) is 2.76. The highest BCUT2D eigenvalue weighted by molar-refractivity contribution is 7.11. The van der Waals surface area contributed by atoms with Gasteiger partial charge in [-0.2, -0.15) is 0 Å². The van der Waals surface area contributed by atoms with E-state index in [1.54, 1.807) is 11.7 Å². The van der Waals surface area contributed by atoms with Crippen molar-refractivity contribution in [2.45, 2.75) is 13.0 Å². The SMILES string of the molecule is CC1CN(C(=O)c2cncs2)CC1N. The molecule has 1 fully saturated rings. The minimum Gasteiger partial charge on any atom is -0.336 e. The summed E-state index contributed by atoms with van der Waals surface area (Å²) in [5.74, 6) is 0.458. The van der Waals surface area contributed by atoms with Gasteiger partial charge in [-0.3, -0.25) is 9.78 Å². The molecular formula is C9H13N3OS. The van der Waals surface area contributed by atoms with Gasteiger partial charge in [-0.15, -0.1) is 11.3 Å². The monoisotopic (exact) mass is 211 g/mol. The van der Waals surface area contributed by atoms with Crippen molar-refractivity contribution in [1.29, 1.82) is 0 Å². The van der Waals surface area contributed by atoms with E-state index >= 15 is 0 Å². The Labute approximate surface area is 86.7 Å². The second-order valence-corrected chi connectivity index (χ2v) is 4.60. The fourth-order valence-electron chi connectivity index (χ4n) is 1.64. The van der Waals surface area contributed by atoms with E-state index in [1.165, 1.54) is 11.3 Å². The summed E-state index contributed by atoms with van der Waals surface area (Å²) in [5.41, 5.74) is 7.53. The Morgan fingerprint density at radius 2 is 2.50 bits per heavy atom. The molecule has 1 saturated heterocycles. The molecule has 1 aromatic rings. The third-order valence-electron chi connectivity index (χ3n) is 2.60. The molecule has 0 spiro atoms. The molecule has 0 saturated carbocycles. The van der Waals surface area contributed by atoms with Gasteiger partial charge in [-0.1, -0.05) is 6.92 Å². The standard InChI is InChI=1S/C9H13N3OS/c1-6-3-12(4-7(6)10)9(13)8-2-11-5-14-8/h2,5-7H,3-4,10H2,1H3. The Morgan fingerprint density at radius 3 is 3.00 bits per heavy atom. The fourth-order valence-corrected chi connectivity index (χ4v) is 2.22. The molecule has 0 bridgehead atoms. The zero-order chi connectivity index (χ0) is 10.1. The number of aromatic nitrogens is 1. The number of amides is 1. The summed E-state index contributed by atoms with van der Waals surface area (Å²) in [6.45, 7) is 3.50. The first-order chi connectivity index (χ1) is 6.68. The van der Waals surface area contributed by atoms with Crippen molar-refractivity contribution >= 4 is 17.2 Å². The lowest BCUT2D eigenvalue weighted by Crippen LogP contribution is -2.31. The summed E-state index contributed by atoms with van der Waals surface area (Å²) in [6.07, 6.45) is 1.61. The first kappa shape index (κ1) is 9.61. The van der Waals surface area contributed by atoms with Crippen LogP contribution in [0.2, 0.25) is 0 Å². The van der Waals surface area contributed by atoms with E-state index in [9.17, 15) is 4.79 Å². The van der Waals surface area contributed by atoms with E-state index in [0.29, 0.717) is 17.3 Å². The van der Waals surface area contributed by atoms with Gasteiger partial charge in [0, 0.05) is 19.1 Å². The second-order valence-electron chi connectivity index (χ2n) is 3.72. The van der Waals surface area contributed by atoms with Crippen LogP contribution < -0.4 is 5.73 Å². The molecule has 2 rings (SSSR count). The van der Waals surface area contributed by atoms with Crippen molar-refractivity contribution in [3.8, 4) is 0 Å². The zero-order valence-corrected chi connectivity index (χ0v) is 8.83. The molecule has 2 N–H and O–H groups in total. The van der Waals surface area contributed by atoms with Gasteiger partial charge in [0.2, 0.25) is 0 Å². The summed E-state index contributed by atoms with van der Waals surface area (Å²) in [5, 5.41) is 0. The Balaban J connectivity index is 2.07. The van der Waals surface area contributed by atoms with E-state index in [0.717, 1.165) is 6.54 Å². The number of thiazole rings is 1. The summed E-state index contributed by atoms with van der Waals surface area (Å²) in [6, 6.07) is 0.117. The van der Waals surface area contributed by atoms with Crippen LogP contribution in [-0.2, 0) is 0 Å². The third-order valence-corrected chi connectivity index (χ3v) is 3.36. The molecule has 4 nitrogen and oxygen atoms in total. The van der Waals surface area contributed by atoms with Crippen LogP contribution in [0.15, 0.2) is 11.7 Å². The molecule has 1 aliphatic heterocycles. The van der Waals surface area contributed by atoms with Crippen molar-refractivity contribution in [2.75, 3.05) is 13.1 Å². The van der Waals surface area contributed by atoms with Gasteiger partial charge in [0.15, 0.2) is 0 Å². The Morgan fingerprint density at radius 1 is 1.71 bits per heavy atom. The number of rotatable bonds is 1. The van der Waals surface area contributed by atoms with Crippen LogP contribution in [-0.4, -0.2) is 34.9 Å². The summed E-state index contributed by atoms with van der Waals surface area (Å²) in [7, 11) is 0. The predicted octanol–water partition coefficient (Wildman–Crippen LogP) is 0.562. The van der Waals surface area contributed by atoms with Crippen LogP contribution in [0.3, 0.4) is 0 Å². The van der Waals surface area contributed by atoms with Gasteiger partial charge in [0.25, 0.3) is 5.91 Å². The molecule has 2 heterocycles. The maximum absolute atomic E-state index is 11.8. The maximum Gasteiger partial charge on any atom is 0.265 e. The van der Waals surface area contributed by atoms with Crippen molar-refractivity contribution in [3.63, 3.8) is 0 Å². The normalized spacial score (nSPS) is 26.9. The maximum atomic E-state index is 11.8. The van der Waals surface area contributed by atoms with Crippen molar-refractivity contribution in [2.24, 2.45) is 11.7 Å². The van der Waals surface area contributed by atoms with Gasteiger partial charge in [-0.05, 0) is 5.92 Å². The zero-order valence-electron chi connectivity index (χ0n) is 8.01. The molecule has 14 heavy (non-hydrogen) atoms. The quantitative estimate of drug-likeness (QED) is 0.738. The van der Waals surface area contributed by atoms with Crippen molar-refractivity contribution in [1.82, 2.24) is 9.88 Å². The van der Waals surface area contributed by atoms with Crippen LogP contribution in [0.4, 0.5) is 0 Å². The van der Waals surface area contributed by atoms with E-state index in [1.807, 2.05) is 4.90 Å². The number of carbonyl (C=O) groups is 1. The van der Waals surface area contributed by atoms with E-state index < -0.39 is 0 Å². The minimum atomic E-state index is 0.0623. The van der Waals surface area contributed by atoms with Crippen LogP contribution >= 0.6 is 11.3 Å². The smallest absolute Gasteiger partial charge is 0.265 e. The lowest BCUT2D eigenvalue weighted by molar-refractivity contribution is 0.0791. The Bertz CT molecular complexity index is 315. The highest BCUT2D eigenvalue weighted by Crippen LogP contribution is 2.18. The van der Waals surface area contributed by atoms with Gasteiger partial charge in [-0.25, -0.2) is 0 Å². The summed E-state index contributed by atoms with van der Waals surface area (Å²) in [4.78, 5) is 18.2. The predicted molar refractivity (Wildman–Crippen MR) is 55.2 cm³/mol. The molecular weight excluding hydrogens is 198 g/mol. The van der Waals surface area contributed by atoms with E-state index in [-0.39, 0.29) is 11.9 Å². The average molecular weight is 211 g/mol. The van der Waals surface area contributed by atoms with E-state index in [4.69, 9.17) is 5.73 Å². The molecule has 1 aliphatic rings. The van der Waals surface area contributed by atoms with Gasteiger partial charge in [0.05, 0.1) is 11.7 Å². The third kappa shape index (κ3) is 1.65. The molecule has 76 valence electrons. The topological polar surface area (TPSA) is 59.2 Å². The lowest BCUT2D eigenvalue weighted by Gasteiger charge is -2.13. The molecule has 2 atom stereocenters. The number of nitrogens with two attached hydrogens (primary N) is 1. The summed E-state index contributed by atoms with van der Waals surface area (Å²) < 4.78 is 0.